The maximum absolute atomic E-state index is 12.4. The molecule has 0 aliphatic carbocycles. The third-order valence-electron chi connectivity index (χ3n) is 4.70. The molecule has 0 amide bonds. The highest BCUT2D eigenvalue weighted by Crippen LogP contribution is 2.31. The molecule has 0 bridgehead atoms. The first-order valence-electron chi connectivity index (χ1n) is 7.28. The minimum atomic E-state index is -0.507. The van der Waals surface area contributed by atoms with Crippen molar-refractivity contribution in [2.45, 2.75) is 52.5 Å². The fourth-order valence-electron chi connectivity index (χ4n) is 2.33. The van der Waals surface area contributed by atoms with Gasteiger partial charge in [-0.2, -0.15) is 0 Å². The molecule has 20 heavy (non-hydrogen) atoms. The Morgan fingerprint density at radius 3 is 2.65 bits per heavy atom. The number of ketones is 1. The van der Waals surface area contributed by atoms with Crippen molar-refractivity contribution in [2.75, 3.05) is 6.61 Å². The van der Waals surface area contributed by atoms with Crippen molar-refractivity contribution in [3.63, 3.8) is 0 Å². The zero-order valence-electron chi connectivity index (χ0n) is 13.0. The van der Waals surface area contributed by atoms with E-state index in [-0.39, 0.29) is 5.78 Å². The van der Waals surface area contributed by atoms with E-state index in [1.807, 2.05) is 33.8 Å². The molecule has 1 aliphatic rings. The summed E-state index contributed by atoms with van der Waals surface area (Å²) in [6, 6.07) is 6.23. The summed E-state index contributed by atoms with van der Waals surface area (Å²) in [5.74, 6) is 1.21. The predicted octanol–water partition coefficient (Wildman–Crippen LogP) is 2.89. The first-order valence-corrected chi connectivity index (χ1v) is 7.28. The largest absolute Gasteiger partial charge is 0.493 e. The van der Waals surface area contributed by atoms with E-state index in [1.165, 1.54) is 11.1 Å². The van der Waals surface area contributed by atoms with E-state index < -0.39 is 11.0 Å². The van der Waals surface area contributed by atoms with Crippen LogP contribution in [0.5, 0.6) is 5.75 Å². The minimum absolute atomic E-state index is 0.224. The molecule has 2 N–H and O–H groups in total. The molecule has 2 rings (SSSR count). The summed E-state index contributed by atoms with van der Waals surface area (Å²) in [7, 11) is 0. The highest BCUT2D eigenvalue weighted by molar-refractivity contribution is 5.85. The molecular formula is C17H25NO2. The van der Waals surface area contributed by atoms with Gasteiger partial charge in [0.1, 0.15) is 11.5 Å². The lowest BCUT2D eigenvalue weighted by molar-refractivity contribution is -0.129. The number of carbonyl (C=O) groups is 1. The number of ether oxygens (including phenoxy) is 1. The fourth-order valence-corrected chi connectivity index (χ4v) is 2.33. The number of hydrogen-bond donors (Lipinski definition) is 1. The van der Waals surface area contributed by atoms with Crippen LogP contribution in [0.2, 0.25) is 0 Å². The van der Waals surface area contributed by atoms with Crippen molar-refractivity contribution in [1.82, 2.24) is 0 Å². The van der Waals surface area contributed by atoms with Crippen molar-refractivity contribution in [1.29, 1.82) is 0 Å². The molecule has 0 atom stereocenters. The summed E-state index contributed by atoms with van der Waals surface area (Å²) >= 11 is 0. The molecule has 1 aromatic carbocycles. The number of Topliss-reactive ketones (excluding diaryl/α,β-unsaturated/α-hetero) is 1. The summed E-state index contributed by atoms with van der Waals surface area (Å²) in [5, 5.41) is 0. The van der Waals surface area contributed by atoms with Gasteiger partial charge in [-0.05, 0) is 37.5 Å². The number of fused-ring (bicyclic) bond motifs is 1. The average molecular weight is 275 g/mol. The van der Waals surface area contributed by atoms with Crippen LogP contribution in [0.4, 0.5) is 0 Å². The second kappa shape index (κ2) is 5.21. The Hall–Kier alpha value is -1.35. The van der Waals surface area contributed by atoms with Gasteiger partial charge < -0.3 is 10.5 Å². The molecule has 3 nitrogen and oxygen atoms in total. The molecule has 110 valence electrons. The number of rotatable bonds is 5. The highest BCUT2D eigenvalue weighted by atomic mass is 16.5. The van der Waals surface area contributed by atoms with Crippen molar-refractivity contribution < 1.29 is 9.53 Å². The zero-order chi connectivity index (χ0) is 15.0. The van der Waals surface area contributed by atoms with E-state index in [9.17, 15) is 4.79 Å². The van der Waals surface area contributed by atoms with Gasteiger partial charge in [0.2, 0.25) is 0 Å². The van der Waals surface area contributed by atoms with E-state index in [1.54, 1.807) is 0 Å². The third-order valence-corrected chi connectivity index (χ3v) is 4.70. The molecular weight excluding hydrogens is 250 g/mol. The molecule has 1 heterocycles. The second-order valence-electron chi connectivity index (χ2n) is 6.81. The maximum atomic E-state index is 12.4. The first kappa shape index (κ1) is 15.0. The number of hydrogen-bond acceptors (Lipinski definition) is 3. The first-order chi connectivity index (χ1) is 9.22. The standard InChI is InChI=1S/C17H25NO2/c1-16(2,17(3,4)18)15(19)8-6-12-5-7-14-13(11-12)9-10-20-14/h5,7,11H,6,8-10,18H2,1-4H3. The molecule has 0 saturated heterocycles. The molecule has 0 fully saturated rings. The highest BCUT2D eigenvalue weighted by Gasteiger charge is 2.39. The zero-order valence-corrected chi connectivity index (χ0v) is 13.0. The van der Waals surface area contributed by atoms with E-state index in [2.05, 4.69) is 12.1 Å². The molecule has 0 unspecified atom stereocenters. The van der Waals surface area contributed by atoms with Crippen LogP contribution in [0, 0.1) is 5.41 Å². The van der Waals surface area contributed by atoms with Crippen LogP contribution in [0.1, 0.15) is 45.2 Å². The van der Waals surface area contributed by atoms with E-state index >= 15 is 0 Å². The Kier molecular flexibility index (Phi) is 3.92. The summed E-state index contributed by atoms with van der Waals surface area (Å²) in [6.07, 6.45) is 2.28. The summed E-state index contributed by atoms with van der Waals surface area (Å²) in [5.41, 5.74) is 7.57. The van der Waals surface area contributed by atoms with Crippen molar-refractivity contribution in [2.24, 2.45) is 11.1 Å². The lowest BCUT2D eigenvalue weighted by atomic mass is 9.71. The van der Waals surface area contributed by atoms with E-state index in [0.29, 0.717) is 6.42 Å². The van der Waals surface area contributed by atoms with Gasteiger partial charge in [-0.25, -0.2) is 0 Å². The van der Waals surface area contributed by atoms with Crippen LogP contribution >= 0.6 is 0 Å². The van der Waals surface area contributed by atoms with Gasteiger partial charge in [-0.15, -0.1) is 0 Å². The summed E-state index contributed by atoms with van der Waals surface area (Å²) in [6.45, 7) is 8.47. The molecule has 1 aliphatic heterocycles. The lowest BCUT2D eigenvalue weighted by Gasteiger charge is -2.37. The van der Waals surface area contributed by atoms with Gasteiger partial charge >= 0.3 is 0 Å². The molecule has 0 spiro atoms. The normalized spacial score (nSPS) is 14.8. The number of aryl methyl sites for hydroxylation is 1. The third kappa shape index (κ3) is 2.88. The summed E-state index contributed by atoms with van der Waals surface area (Å²) in [4.78, 5) is 12.4. The lowest BCUT2D eigenvalue weighted by Crippen LogP contribution is -2.51. The maximum Gasteiger partial charge on any atom is 0.140 e. The molecule has 0 radical (unpaired) electrons. The quantitative estimate of drug-likeness (QED) is 0.899. The van der Waals surface area contributed by atoms with Gasteiger partial charge in [0.15, 0.2) is 0 Å². The van der Waals surface area contributed by atoms with Crippen molar-refractivity contribution >= 4 is 5.78 Å². The Balaban J connectivity index is 2.01. The van der Waals surface area contributed by atoms with Crippen LogP contribution < -0.4 is 10.5 Å². The number of carbonyl (C=O) groups excluding carboxylic acids is 1. The Labute approximate surface area is 121 Å². The van der Waals surface area contributed by atoms with Crippen LogP contribution in [-0.4, -0.2) is 17.9 Å². The Morgan fingerprint density at radius 2 is 2.00 bits per heavy atom. The molecule has 0 saturated carbocycles. The van der Waals surface area contributed by atoms with Crippen LogP contribution in [0.3, 0.4) is 0 Å². The van der Waals surface area contributed by atoms with Crippen molar-refractivity contribution in [3.05, 3.63) is 29.3 Å². The van der Waals surface area contributed by atoms with Crippen LogP contribution in [-0.2, 0) is 17.6 Å². The van der Waals surface area contributed by atoms with Gasteiger partial charge in [0, 0.05) is 23.8 Å². The van der Waals surface area contributed by atoms with Crippen molar-refractivity contribution in [3.8, 4) is 5.75 Å². The van der Waals surface area contributed by atoms with Gasteiger partial charge in [0.25, 0.3) is 0 Å². The average Bonchev–Trinajstić information content (AvgIpc) is 2.81. The monoisotopic (exact) mass is 275 g/mol. The van der Waals surface area contributed by atoms with Crippen LogP contribution in [0.15, 0.2) is 18.2 Å². The Bertz CT molecular complexity index is 512. The van der Waals surface area contributed by atoms with E-state index in [0.717, 1.165) is 25.2 Å². The van der Waals surface area contributed by atoms with Gasteiger partial charge in [0.05, 0.1) is 6.61 Å². The minimum Gasteiger partial charge on any atom is -0.493 e. The SMILES string of the molecule is CC(C)(N)C(C)(C)C(=O)CCc1ccc2c(c1)CCO2. The second-order valence-corrected chi connectivity index (χ2v) is 6.81. The molecule has 0 aromatic heterocycles. The van der Waals surface area contributed by atoms with Gasteiger partial charge in [-0.3, -0.25) is 4.79 Å². The Morgan fingerprint density at radius 1 is 1.30 bits per heavy atom. The predicted molar refractivity (Wildman–Crippen MR) is 81.0 cm³/mol. The molecule has 1 aromatic rings. The number of benzene rings is 1. The van der Waals surface area contributed by atoms with Crippen LogP contribution in [0.25, 0.3) is 0 Å². The number of nitrogens with two attached hydrogens (primary N) is 1. The fraction of sp³-hybridized carbons (Fsp3) is 0.588. The molecule has 3 heteroatoms. The van der Waals surface area contributed by atoms with Gasteiger partial charge in [-0.1, -0.05) is 26.0 Å². The summed E-state index contributed by atoms with van der Waals surface area (Å²) < 4.78 is 5.49. The topological polar surface area (TPSA) is 52.3 Å². The van der Waals surface area contributed by atoms with E-state index in [4.69, 9.17) is 10.5 Å². The smallest absolute Gasteiger partial charge is 0.140 e.